The molecular weight excluding hydrogens is 269 g/mol. The molecule has 2 unspecified atom stereocenters. The molecule has 1 aliphatic rings. The van der Waals surface area contributed by atoms with Gasteiger partial charge in [0.15, 0.2) is 0 Å². The van der Waals surface area contributed by atoms with Gasteiger partial charge in [0.05, 0.1) is 12.1 Å². The molecule has 0 saturated heterocycles. The molecule has 0 aromatic carbocycles. The summed E-state index contributed by atoms with van der Waals surface area (Å²) in [4.78, 5) is 12.1. The average molecular weight is 288 g/mol. The van der Waals surface area contributed by atoms with Crippen molar-refractivity contribution in [2.45, 2.75) is 44.7 Å². The van der Waals surface area contributed by atoms with Crippen molar-refractivity contribution in [1.82, 2.24) is 9.78 Å². The summed E-state index contributed by atoms with van der Waals surface area (Å²) in [5.41, 5.74) is 0.948. The highest BCUT2D eigenvalue weighted by atomic mass is 19.4. The van der Waals surface area contributed by atoms with E-state index in [-0.39, 0.29) is 18.6 Å². The molecule has 1 heterocycles. The van der Waals surface area contributed by atoms with Crippen molar-refractivity contribution >= 4 is 5.78 Å². The second-order valence-corrected chi connectivity index (χ2v) is 5.59. The number of hydrogen-bond acceptors (Lipinski definition) is 2. The van der Waals surface area contributed by atoms with Gasteiger partial charge in [-0.3, -0.25) is 9.48 Å². The molecule has 2 rings (SSSR count). The summed E-state index contributed by atoms with van der Waals surface area (Å²) in [6, 6.07) is 0. The summed E-state index contributed by atoms with van der Waals surface area (Å²) >= 11 is 0. The zero-order valence-electron chi connectivity index (χ0n) is 11.5. The van der Waals surface area contributed by atoms with Gasteiger partial charge < -0.3 is 0 Å². The lowest BCUT2D eigenvalue weighted by molar-refractivity contribution is -0.186. The van der Waals surface area contributed by atoms with Crippen LogP contribution in [0.5, 0.6) is 0 Å². The fourth-order valence-electron chi connectivity index (χ4n) is 2.85. The first-order valence-electron chi connectivity index (χ1n) is 6.93. The van der Waals surface area contributed by atoms with Crippen molar-refractivity contribution in [2.24, 2.45) is 18.9 Å². The smallest absolute Gasteiger partial charge is 0.299 e. The lowest BCUT2D eigenvalue weighted by Gasteiger charge is -2.29. The van der Waals surface area contributed by atoms with Crippen molar-refractivity contribution in [3.63, 3.8) is 0 Å². The van der Waals surface area contributed by atoms with Crippen LogP contribution < -0.4 is 0 Å². The summed E-state index contributed by atoms with van der Waals surface area (Å²) in [5.74, 6) is -1.77. The van der Waals surface area contributed by atoms with Gasteiger partial charge in [0.1, 0.15) is 5.78 Å². The topological polar surface area (TPSA) is 34.9 Å². The number of aromatic nitrogens is 2. The first-order valence-corrected chi connectivity index (χ1v) is 6.93. The Labute approximate surface area is 116 Å². The Morgan fingerprint density at radius 1 is 1.45 bits per heavy atom. The van der Waals surface area contributed by atoms with Crippen LogP contribution in [0.4, 0.5) is 13.2 Å². The minimum Gasteiger partial charge on any atom is -0.299 e. The molecule has 0 spiro atoms. The Hall–Kier alpha value is -1.33. The van der Waals surface area contributed by atoms with E-state index in [9.17, 15) is 18.0 Å². The molecule has 1 aromatic heterocycles. The highest BCUT2D eigenvalue weighted by Gasteiger charge is 2.43. The molecule has 1 aliphatic carbocycles. The largest absolute Gasteiger partial charge is 0.391 e. The Kier molecular flexibility index (Phi) is 4.50. The van der Waals surface area contributed by atoms with E-state index in [1.54, 1.807) is 17.9 Å². The number of ketones is 1. The third-order valence-corrected chi connectivity index (χ3v) is 4.01. The molecule has 112 valence electrons. The third-order valence-electron chi connectivity index (χ3n) is 4.01. The molecule has 0 bridgehead atoms. The molecule has 2 atom stereocenters. The summed E-state index contributed by atoms with van der Waals surface area (Å²) < 4.78 is 39.8. The Bertz CT molecular complexity index is 467. The average Bonchev–Trinajstić information content (AvgIpc) is 2.81. The number of carbonyl (C=O) groups excluding carboxylic acids is 1. The van der Waals surface area contributed by atoms with Gasteiger partial charge in [-0.25, -0.2) is 0 Å². The van der Waals surface area contributed by atoms with Crippen LogP contribution in [0.15, 0.2) is 12.4 Å². The van der Waals surface area contributed by atoms with Crippen molar-refractivity contribution in [1.29, 1.82) is 0 Å². The maximum atomic E-state index is 12.7. The van der Waals surface area contributed by atoms with Crippen molar-refractivity contribution in [3.8, 4) is 0 Å². The number of hydrogen-bond donors (Lipinski definition) is 0. The fourth-order valence-corrected chi connectivity index (χ4v) is 2.85. The van der Waals surface area contributed by atoms with Crippen molar-refractivity contribution < 1.29 is 18.0 Å². The standard InChI is InChI=1S/C14H19F3N2O/c1-19-9-10(8-18-19)5-6-13(20)11-3-2-4-12(7-11)14(15,16)17/h8-9,11-12H,2-7H2,1H3. The van der Waals surface area contributed by atoms with Crippen LogP contribution in [0.3, 0.4) is 0 Å². The maximum absolute atomic E-state index is 12.7. The molecular formula is C14H19F3N2O. The van der Waals surface area contributed by atoms with E-state index in [1.807, 2.05) is 6.20 Å². The van der Waals surface area contributed by atoms with Gasteiger partial charge in [0, 0.05) is 25.6 Å². The lowest BCUT2D eigenvalue weighted by Crippen LogP contribution is -2.31. The summed E-state index contributed by atoms with van der Waals surface area (Å²) in [7, 11) is 1.79. The molecule has 0 N–H and O–H groups in total. The summed E-state index contributed by atoms with van der Waals surface area (Å²) in [6.07, 6.45) is 1.43. The minimum absolute atomic E-state index is 0.0324. The molecule has 6 heteroatoms. The monoisotopic (exact) mass is 288 g/mol. The Morgan fingerprint density at radius 3 is 2.80 bits per heavy atom. The zero-order chi connectivity index (χ0) is 14.8. The zero-order valence-corrected chi connectivity index (χ0v) is 11.5. The molecule has 0 amide bonds. The fraction of sp³-hybridized carbons (Fsp3) is 0.714. The first kappa shape index (κ1) is 15.1. The highest BCUT2D eigenvalue weighted by Crippen LogP contribution is 2.40. The van der Waals surface area contributed by atoms with Gasteiger partial charge in [-0.2, -0.15) is 18.3 Å². The highest BCUT2D eigenvalue weighted by molar-refractivity contribution is 5.81. The quantitative estimate of drug-likeness (QED) is 0.852. The van der Waals surface area contributed by atoms with Crippen LogP contribution in [0.1, 0.15) is 37.7 Å². The number of nitrogens with zero attached hydrogens (tertiary/aromatic N) is 2. The molecule has 0 aliphatic heterocycles. The second-order valence-electron chi connectivity index (χ2n) is 5.59. The summed E-state index contributed by atoms with van der Waals surface area (Å²) in [5, 5.41) is 4.01. The maximum Gasteiger partial charge on any atom is 0.391 e. The number of alkyl halides is 3. The van der Waals surface area contributed by atoms with Gasteiger partial charge in [-0.05, 0) is 31.2 Å². The van der Waals surface area contributed by atoms with E-state index in [4.69, 9.17) is 0 Å². The second kappa shape index (κ2) is 5.97. The van der Waals surface area contributed by atoms with Crippen LogP contribution in [0.25, 0.3) is 0 Å². The van der Waals surface area contributed by atoms with Gasteiger partial charge >= 0.3 is 6.18 Å². The molecule has 3 nitrogen and oxygen atoms in total. The lowest BCUT2D eigenvalue weighted by atomic mass is 9.78. The number of aryl methyl sites for hydroxylation is 2. The molecule has 1 saturated carbocycles. The van der Waals surface area contributed by atoms with Gasteiger partial charge in [0.2, 0.25) is 0 Å². The van der Waals surface area contributed by atoms with E-state index < -0.39 is 18.0 Å². The van der Waals surface area contributed by atoms with Crippen LogP contribution in [0.2, 0.25) is 0 Å². The van der Waals surface area contributed by atoms with E-state index in [2.05, 4.69) is 5.10 Å². The molecule has 0 radical (unpaired) electrons. The molecule has 1 aromatic rings. The Balaban J connectivity index is 1.86. The van der Waals surface area contributed by atoms with E-state index in [1.165, 1.54) is 0 Å². The van der Waals surface area contributed by atoms with Gasteiger partial charge in [-0.15, -0.1) is 0 Å². The predicted octanol–water partition coefficient (Wildman–Crippen LogP) is 3.29. The van der Waals surface area contributed by atoms with E-state index >= 15 is 0 Å². The molecule has 1 fully saturated rings. The summed E-state index contributed by atoms with van der Waals surface area (Å²) in [6.45, 7) is 0. The number of halogens is 3. The van der Waals surface area contributed by atoms with Crippen LogP contribution in [0, 0.1) is 11.8 Å². The SMILES string of the molecule is Cn1cc(CCC(=O)C2CCCC(C(F)(F)F)C2)cn1. The normalized spacial score (nSPS) is 23.8. The number of rotatable bonds is 4. The van der Waals surface area contributed by atoms with Crippen molar-refractivity contribution in [3.05, 3.63) is 18.0 Å². The van der Waals surface area contributed by atoms with Gasteiger partial charge in [-0.1, -0.05) is 6.42 Å². The van der Waals surface area contributed by atoms with E-state index in [0.717, 1.165) is 5.56 Å². The van der Waals surface area contributed by atoms with Crippen LogP contribution >= 0.6 is 0 Å². The number of carbonyl (C=O) groups is 1. The Morgan fingerprint density at radius 2 is 2.20 bits per heavy atom. The van der Waals surface area contributed by atoms with Crippen LogP contribution in [-0.4, -0.2) is 21.7 Å². The minimum atomic E-state index is -4.16. The van der Waals surface area contributed by atoms with Gasteiger partial charge in [0.25, 0.3) is 0 Å². The predicted molar refractivity (Wildman–Crippen MR) is 68.0 cm³/mol. The first-order chi connectivity index (χ1) is 9.36. The van der Waals surface area contributed by atoms with Crippen LogP contribution in [-0.2, 0) is 18.3 Å². The van der Waals surface area contributed by atoms with Crippen molar-refractivity contribution in [2.75, 3.05) is 0 Å². The third kappa shape index (κ3) is 3.84. The number of Topliss-reactive ketones (excluding diaryl/α,β-unsaturated/α-hetero) is 1. The molecule has 20 heavy (non-hydrogen) atoms. The van der Waals surface area contributed by atoms with E-state index in [0.29, 0.717) is 25.7 Å².